The van der Waals surface area contributed by atoms with Gasteiger partial charge in [0.05, 0.1) is 5.69 Å². The number of thiazole rings is 1. The van der Waals surface area contributed by atoms with Crippen molar-refractivity contribution in [2.75, 3.05) is 5.32 Å². The summed E-state index contributed by atoms with van der Waals surface area (Å²) >= 11 is 1.58. The molecule has 0 unspecified atom stereocenters. The molecule has 0 bridgehead atoms. The van der Waals surface area contributed by atoms with Crippen LogP contribution in [0.2, 0.25) is 0 Å². The lowest BCUT2D eigenvalue weighted by Gasteiger charge is -2.03. The largest absolute Gasteiger partial charge is 0.326 e. The van der Waals surface area contributed by atoms with Gasteiger partial charge in [-0.05, 0) is 43.3 Å². The molecular formula is C18H15FN2OS. The van der Waals surface area contributed by atoms with E-state index >= 15 is 0 Å². The maximum atomic E-state index is 13.0. The predicted molar refractivity (Wildman–Crippen MR) is 92.0 cm³/mol. The molecule has 3 aromatic rings. The number of anilines is 1. The number of benzene rings is 2. The fraction of sp³-hybridized carbons (Fsp3) is 0.111. The van der Waals surface area contributed by atoms with Gasteiger partial charge in [-0.2, -0.15) is 0 Å². The van der Waals surface area contributed by atoms with Gasteiger partial charge in [0.25, 0.3) is 0 Å². The summed E-state index contributed by atoms with van der Waals surface area (Å²) in [6.45, 7) is 3.50. The number of aromatic nitrogens is 1. The summed E-state index contributed by atoms with van der Waals surface area (Å²) in [6, 6.07) is 13.9. The molecule has 116 valence electrons. The Morgan fingerprint density at radius 2 is 1.65 bits per heavy atom. The fourth-order valence-electron chi connectivity index (χ4n) is 2.29. The predicted octanol–water partition coefficient (Wildman–Crippen LogP) is 4.88. The second-order valence-corrected chi connectivity index (χ2v) is 6.39. The number of nitrogens with zero attached hydrogens (tertiary/aromatic N) is 1. The number of amides is 1. The first-order valence-electron chi connectivity index (χ1n) is 7.14. The van der Waals surface area contributed by atoms with E-state index in [1.165, 1.54) is 19.1 Å². The highest BCUT2D eigenvalue weighted by Crippen LogP contribution is 2.33. The molecule has 0 fully saturated rings. The van der Waals surface area contributed by atoms with Crippen molar-refractivity contribution in [2.45, 2.75) is 13.8 Å². The second-order valence-electron chi connectivity index (χ2n) is 5.19. The molecule has 0 aliphatic carbocycles. The Morgan fingerprint density at radius 3 is 2.26 bits per heavy atom. The Bertz CT molecular complexity index is 838. The summed E-state index contributed by atoms with van der Waals surface area (Å²) in [5.74, 6) is -0.350. The minimum absolute atomic E-state index is 0.0961. The molecule has 3 rings (SSSR count). The van der Waals surface area contributed by atoms with Crippen molar-refractivity contribution in [1.29, 1.82) is 0 Å². The van der Waals surface area contributed by atoms with Crippen LogP contribution in [0.1, 0.15) is 11.8 Å². The number of rotatable bonds is 3. The summed E-state index contributed by atoms with van der Waals surface area (Å²) in [5.41, 5.74) is 3.55. The summed E-state index contributed by atoms with van der Waals surface area (Å²) in [6.07, 6.45) is 0. The average Bonchev–Trinajstić information content (AvgIpc) is 2.90. The van der Waals surface area contributed by atoms with Gasteiger partial charge in [0.15, 0.2) is 0 Å². The highest BCUT2D eigenvalue weighted by atomic mass is 32.1. The number of aryl methyl sites for hydroxylation is 1. The highest BCUT2D eigenvalue weighted by Gasteiger charge is 2.11. The van der Waals surface area contributed by atoms with Crippen molar-refractivity contribution in [3.63, 3.8) is 0 Å². The molecule has 1 aromatic heterocycles. The van der Waals surface area contributed by atoms with E-state index in [9.17, 15) is 9.18 Å². The molecule has 5 heteroatoms. The lowest BCUT2D eigenvalue weighted by Crippen LogP contribution is -2.05. The van der Waals surface area contributed by atoms with Crippen LogP contribution < -0.4 is 5.32 Å². The Morgan fingerprint density at radius 1 is 1.04 bits per heavy atom. The van der Waals surface area contributed by atoms with E-state index in [0.717, 1.165) is 32.4 Å². The van der Waals surface area contributed by atoms with E-state index in [1.807, 2.05) is 31.2 Å². The van der Waals surface area contributed by atoms with Crippen molar-refractivity contribution in [3.8, 4) is 21.8 Å². The van der Waals surface area contributed by atoms with E-state index < -0.39 is 0 Å². The smallest absolute Gasteiger partial charge is 0.221 e. The maximum Gasteiger partial charge on any atom is 0.221 e. The zero-order chi connectivity index (χ0) is 16.4. The molecule has 2 aromatic carbocycles. The van der Waals surface area contributed by atoms with Crippen LogP contribution in [0.25, 0.3) is 21.8 Å². The van der Waals surface area contributed by atoms with Gasteiger partial charge >= 0.3 is 0 Å². The summed E-state index contributed by atoms with van der Waals surface area (Å²) in [7, 11) is 0. The lowest BCUT2D eigenvalue weighted by molar-refractivity contribution is -0.114. The number of hydrogen-bond acceptors (Lipinski definition) is 3. The van der Waals surface area contributed by atoms with E-state index in [0.29, 0.717) is 0 Å². The van der Waals surface area contributed by atoms with Gasteiger partial charge in [0.1, 0.15) is 10.8 Å². The average molecular weight is 326 g/mol. The Hall–Kier alpha value is -2.53. The topological polar surface area (TPSA) is 42.0 Å². The molecule has 1 amide bonds. The van der Waals surface area contributed by atoms with Gasteiger partial charge in [0, 0.05) is 28.6 Å². The van der Waals surface area contributed by atoms with E-state index in [1.54, 1.807) is 23.5 Å². The van der Waals surface area contributed by atoms with Crippen LogP contribution in [0, 0.1) is 12.7 Å². The molecule has 0 radical (unpaired) electrons. The molecule has 0 atom stereocenters. The van der Waals surface area contributed by atoms with Gasteiger partial charge in [-0.25, -0.2) is 9.37 Å². The normalized spacial score (nSPS) is 10.6. The molecule has 0 aliphatic rings. The van der Waals surface area contributed by atoms with Crippen LogP contribution in [-0.2, 0) is 4.79 Å². The Labute approximate surface area is 137 Å². The van der Waals surface area contributed by atoms with Gasteiger partial charge in [0.2, 0.25) is 5.91 Å². The number of hydrogen-bond donors (Lipinski definition) is 1. The molecule has 0 saturated carbocycles. The standard InChI is InChI=1S/C18H15FN2OS/c1-11-17(13-5-9-16(10-6-13)20-12(2)22)21-18(23-11)14-3-7-15(19)8-4-14/h3-10H,1-2H3,(H,20,22). The van der Waals surface area contributed by atoms with E-state index in [2.05, 4.69) is 10.3 Å². The molecule has 0 saturated heterocycles. The summed E-state index contributed by atoms with van der Waals surface area (Å²) < 4.78 is 13.0. The van der Waals surface area contributed by atoms with E-state index in [4.69, 9.17) is 0 Å². The zero-order valence-electron chi connectivity index (χ0n) is 12.8. The Balaban J connectivity index is 1.91. The SMILES string of the molecule is CC(=O)Nc1ccc(-c2nc(-c3ccc(F)cc3)sc2C)cc1. The second kappa shape index (κ2) is 6.30. The quantitative estimate of drug-likeness (QED) is 0.745. The minimum Gasteiger partial charge on any atom is -0.326 e. The maximum absolute atomic E-state index is 13.0. The lowest BCUT2D eigenvalue weighted by atomic mass is 10.1. The molecular weight excluding hydrogens is 311 g/mol. The molecule has 1 N–H and O–H groups in total. The summed E-state index contributed by atoms with van der Waals surface area (Å²) in [5, 5.41) is 3.61. The van der Waals surface area contributed by atoms with Crippen molar-refractivity contribution in [2.24, 2.45) is 0 Å². The van der Waals surface area contributed by atoms with Crippen LogP contribution in [0.3, 0.4) is 0 Å². The first-order chi connectivity index (χ1) is 11.0. The van der Waals surface area contributed by atoms with Crippen LogP contribution in [0.15, 0.2) is 48.5 Å². The van der Waals surface area contributed by atoms with Gasteiger partial charge in [-0.3, -0.25) is 4.79 Å². The first kappa shape index (κ1) is 15.4. The van der Waals surface area contributed by atoms with Crippen LogP contribution in [0.4, 0.5) is 10.1 Å². The van der Waals surface area contributed by atoms with Crippen molar-refractivity contribution in [1.82, 2.24) is 4.98 Å². The monoisotopic (exact) mass is 326 g/mol. The number of carbonyl (C=O) groups excluding carboxylic acids is 1. The fourth-order valence-corrected chi connectivity index (χ4v) is 3.24. The first-order valence-corrected chi connectivity index (χ1v) is 7.96. The minimum atomic E-state index is -0.254. The van der Waals surface area contributed by atoms with Crippen LogP contribution in [0.5, 0.6) is 0 Å². The van der Waals surface area contributed by atoms with Crippen molar-refractivity contribution in [3.05, 3.63) is 59.2 Å². The van der Waals surface area contributed by atoms with E-state index in [-0.39, 0.29) is 11.7 Å². The third-order valence-corrected chi connectivity index (χ3v) is 4.39. The molecule has 0 spiro atoms. The number of halogens is 1. The van der Waals surface area contributed by atoms with Gasteiger partial charge in [-0.15, -0.1) is 11.3 Å². The van der Waals surface area contributed by atoms with Crippen LogP contribution in [-0.4, -0.2) is 10.9 Å². The third kappa shape index (κ3) is 3.46. The number of nitrogens with one attached hydrogen (secondary N) is 1. The molecule has 1 heterocycles. The zero-order valence-corrected chi connectivity index (χ0v) is 13.6. The van der Waals surface area contributed by atoms with Crippen molar-refractivity contribution >= 4 is 22.9 Å². The summed E-state index contributed by atoms with van der Waals surface area (Å²) in [4.78, 5) is 16.8. The van der Waals surface area contributed by atoms with Crippen molar-refractivity contribution < 1.29 is 9.18 Å². The third-order valence-electron chi connectivity index (χ3n) is 3.37. The van der Waals surface area contributed by atoms with Crippen LogP contribution >= 0.6 is 11.3 Å². The van der Waals surface area contributed by atoms with Gasteiger partial charge < -0.3 is 5.32 Å². The van der Waals surface area contributed by atoms with Gasteiger partial charge in [-0.1, -0.05) is 12.1 Å². The molecule has 0 aliphatic heterocycles. The molecule has 3 nitrogen and oxygen atoms in total. The molecule has 23 heavy (non-hydrogen) atoms. The Kier molecular flexibility index (Phi) is 4.21. The highest BCUT2D eigenvalue weighted by molar-refractivity contribution is 7.15. The number of carbonyl (C=O) groups is 1.